The van der Waals surface area contributed by atoms with Gasteiger partial charge in [-0.1, -0.05) is 0 Å². The average Bonchev–Trinajstić information content (AvgIpc) is 2.59. The van der Waals surface area contributed by atoms with Gasteiger partial charge in [0.05, 0.1) is 21.3 Å². The molecule has 0 bridgehead atoms. The molecule has 1 aliphatic heterocycles. The first-order chi connectivity index (χ1) is 10.7. The van der Waals surface area contributed by atoms with Gasteiger partial charge in [-0.2, -0.15) is 0 Å². The van der Waals surface area contributed by atoms with E-state index in [1.807, 2.05) is 6.07 Å². The second kappa shape index (κ2) is 7.89. The summed E-state index contributed by atoms with van der Waals surface area (Å²) in [5, 5.41) is 6.25. The second-order valence-electron chi connectivity index (χ2n) is 5.26. The number of hydrogen-bond acceptors (Lipinski definition) is 5. The lowest BCUT2D eigenvalue weighted by molar-refractivity contribution is -0.125. The van der Waals surface area contributed by atoms with E-state index in [-0.39, 0.29) is 11.8 Å². The lowest BCUT2D eigenvalue weighted by Crippen LogP contribution is -2.37. The van der Waals surface area contributed by atoms with Crippen molar-refractivity contribution in [2.24, 2.45) is 5.92 Å². The summed E-state index contributed by atoms with van der Waals surface area (Å²) in [6.45, 7) is 2.21. The quantitative estimate of drug-likeness (QED) is 0.830. The Labute approximate surface area is 131 Å². The summed E-state index contributed by atoms with van der Waals surface area (Å²) in [5.41, 5.74) is 0.863. The van der Waals surface area contributed by atoms with Crippen molar-refractivity contribution in [1.82, 2.24) is 10.6 Å². The molecule has 1 heterocycles. The molecule has 1 saturated heterocycles. The van der Waals surface area contributed by atoms with E-state index in [0.29, 0.717) is 23.8 Å². The molecule has 2 N–H and O–H groups in total. The zero-order valence-electron chi connectivity index (χ0n) is 13.4. The van der Waals surface area contributed by atoms with Crippen molar-refractivity contribution in [1.29, 1.82) is 0 Å². The minimum Gasteiger partial charge on any atom is -0.496 e. The molecule has 0 aromatic heterocycles. The van der Waals surface area contributed by atoms with Crippen molar-refractivity contribution in [2.75, 3.05) is 34.4 Å². The third kappa shape index (κ3) is 3.82. The Morgan fingerprint density at radius 1 is 1.09 bits per heavy atom. The Morgan fingerprint density at radius 3 is 2.27 bits per heavy atom. The molecule has 1 aliphatic rings. The maximum atomic E-state index is 12.2. The SMILES string of the molecule is COc1cc(OC)c(OC)cc1CNC(=O)C1CCNCC1. The van der Waals surface area contributed by atoms with E-state index < -0.39 is 0 Å². The number of rotatable bonds is 6. The molecule has 1 fully saturated rings. The second-order valence-corrected chi connectivity index (χ2v) is 5.26. The van der Waals surface area contributed by atoms with Gasteiger partial charge in [0.2, 0.25) is 5.91 Å². The highest BCUT2D eigenvalue weighted by Crippen LogP contribution is 2.34. The molecule has 0 aliphatic carbocycles. The first kappa shape index (κ1) is 16.4. The molecule has 6 nitrogen and oxygen atoms in total. The van der Waals surface area contributed by atoms with Crippen LogP contribution in [-0.4, -0.2) is 40.3 Å². The van der Waals surface area contributed by atoms with Crippen LogP contribution in [-0.2, 0) is 11.3 Å². The number of methoxy groups -OCH3 is 3. The Balaban J connectivity index is 2.06. The monoisotopic (exact) mass is 308 g/mol. The lowest BCUT2D eigenvalue weighted by Gasteiger charge is -2.22. The van der Waals surface area contributed by atoms with Crippen molar-refractivity contribution in [3.05, 3.63) is 17.7 Å². The predicted molar refractivity (Wildman–Crippen MR) is 83.5 cm³/mol. The van der Waals surface area contributed by atoms with Crippen LogP contribution in [0.1, 0.15) is 18.4 Å². The zero-order valence-corrected chi connectivity index (χ0v) is 13.4. The number of ether oxygens (including phenoxy) is 3. The van der Waals surface area contributed by atoms with E-state index in [0.717, 1.165) is 31.5 Å². The molecule has 122 valence electrons. The molecular formula is C16H24N2O4. The maximum Gasteiger partial charge on any atom is 0.223 e. The molecule has 1 aromatic carbocycles. The highest BCUT2D eigenvalue weighted by molar-refractivity contribution is 5.78. The van der Waals surface area contributed by atoms with Gasteiger partial charge in [-0.25, -0.2) is 0 Å². The molecule has 0 saturated carbocycles. The van der Waals surface area contributed by atoms with E-state index in [2.05, 4.69) is 10.6 Å². The van der Waals surface area contributed by atoms with Gasteiger partial charge in [-0.3, -0.25) is 4.79 Å². The summed E-state index contributed by atoms with van der Waals surface area (Å²) in [4.78, 5) is 12.2. The maximum absolute atomic E-state index is 12.2. The fourth-order valence-corrected chi connectivity index (χ4v) is 2.64. The van der Waals surface area contributed by atoms with Gasteiger partial charge in [-0.15, -0.1) is 0 Å². The molecule has 1 aromatic rings. The van der Waals surface area contributed by atoms with Crippen LogP contribution in [0.25, 0.3) is 0 Å². The summed E-state index contributed by atoms with van der Waals surface area (Å²) in [7, 11) is 4.76. The molecular weight excluding hydrogens is 284 g/mol. The highest BCUT2D eigenvalue weighted by atomic mass is 16.5. The number of amides is 1. The normalized spacial score (nSPS) is 15.2. The van der Waals surface area contributed by atoms with Crippen molar-refractivity contribution in [3.8, 4) is 17.2 Å². The Bertz CT molecular complexity index is 513. The summed E-state index contributed by atoms with van der Waals surface area (Å²) >= 11 is 0. The number of carbonyl (C=O) groups is 1. The van der Waals surface area contributed by atoms with Gasteiger partial charge in [0.1, 0.15) is 5.75 Å². The van der Waals surface area contributed by atoms with E-state index in [4.69, 9.17) is 14.2 Å². The third-order valence-corrected chi connectivity index (χ3v) is 3.95. The van der Waals surface area contributed by atoms with Crippen molar-refractivity contribution in [2.45, 2.75) is 19.4 Å². The Kier molecular flexibility index (Phi) is 5.89. The van der Waals surface area contributed by atoms with Crippen LogP contribution >= 0.6 is 0 Å². The van der Waals surface area contributed by atoms with Crippen LogP contribution in [0.2, 0.25) is 0 Å². The van der Waals surface area contributed by atoms with Gasteiger partial charge in [-0.05, 0) is 32.0 Å². The molecule has 0 radical (unpaired) electrons. The van der Waals surface area contributed by atoms with E-state index in [9.17, 15) is 4.79 Å². The topological polar surface area (TPSA) is 68.8 Å². The minimum absolute atomic E-state index is 0.0902. The summed E-state index contributed by atoms with van der Waals surface area (Å²) in [5.74, 6) is 2.08. The summed E-state index contributed by atoms with van der Waals surface area (Å²) in [6, 6.07) is 3.60. The number of hydrogen-bond donors (Lipinski definition) is 2. The molecule has 0 unspecified atom stereocenters. The standard InChI is InChI=1S/C16H24N2O4/c1-20-13-9-15(22-3)14(21-2)8-12(13)10-18-16(19)11-4-6-17-7-5-11/h8-9,11,17H,4-7,10H2,1-3H3,(H,18,19). The van der Waals surface area contributed by atoms with E-state index in [1.54, 1.807) is 27.4 Å². The molecule has 0 spiro atoms. The minimum atomic E-state index is 0.0902. The van der Waals surface area contributed by atoms with Gasteiger partial charge >= 0.3 is 0 Å². The average molecular weight is 308 g/mol. The molecule has 6 heteroatoms. The van der Waals surface area contributed by atoms with Gasteiger partial charge in [0.15, 0.2) is 11.5 Å². The fourth-order valence-electron chi connectivity index (χ4n) is 2.64. The predicted octanol–water partition coefficient (Wildman–Crippen LogP) is 1.33. The molecule has 1 amide bonds. The van der Waals surface area contributed by atoms with Gasteiger partial charge in [0, 0.05) is 24.1 Å². The number of benzene rings is 1. The zero-order chi connectivity index (χ0) is 15.9. The molecule has 2 rings (SSSR count). The van der Waals surface area contributed by atoms with Crippen LogP contribution in [0.5, 0.6) is 17.2 Å². The first-order valence-electron chi connectivity index (χ1n) is 7.47. The van der Waals surface area contributed by atoms with Crippen LogP contribution in [0.3, 0.4) is 0 Å². The lowest BCUT2D eigenvalue weighted by atomic mass is 9.97. The number of nitrogens with one attached hydrogen (secondary N) is 2. The van der Waals surface area contributed by atoms with Crippen molar-refractivity contribution < 1.29 is 19.0 Å². The molecule has 22 heavy (non-hydrogen) atoms. The Morgan fingerprint density at radius 2 is 1.68 bits per heavy atom. The first-order valence-corrected chi connectivity index (χ1v) is 7.47. The smallest absolute Gasteiger partial charge is 0.223 e. The van der Waals surface area contributed by atoms with Crippen LogP contribution in [0, 0.1) is 5.92 Å². The van der Waals surface area contributed by atoms with Gasteiger partial charge < -0.3 is 24.8 Å². The summed E-state index contributed by atoms with van der Waals surface area (Å²) < 4.78 is 15.9. The van der Waals surface area contributed by atoms with Crippen LogP contribution in [0.4, 0.5) is 0 Å². The van der Waals surface area contributed by atoms with E-state index >= 15 is 0 Å². The van der Waals surface area contributed by atoms with Crippen molar-refractivity contribution in [3.63, 3.8) is 0 Å². The Hall–Kier alpha value is -1.95. The molecule has 0 atom stereocenters. The van der Waals surface area contributed by atoms with Crippen LogP contribution < -0.4 is 24.8 Å². The summed E-state index contributed by atoms with van der Waals surface area (Å²) in [6.07, 6.45) is 1.77. The number of carbonyl (C=O) groups excluding carboxylic acids is 1. The largest absolute Gasteiger partial charge is 0.496 e. The third-order valence-electron chi connectivity index (χ3n) is 3.95. The highest BCUT2D eigenvalue weighted by Gasteiger charge is 2.21. The fraction of sp³-hybridized carbons (Fsp3) is 0.562. The van der Waals surface area contributed by atoms with Gasteiger partial charge in [0.25, 0.3) is 0 Å². The van der Waals surface area contributed by atoms with E-state index in [1.165, 1.54) is 0 Å². The van der Waals surface area contributed by atoms with Crippen LogP contribution in [0.15, 0.2) is 12.1 Å². The van der Waals surface area contributed by atoms with Crippen molar-refractivity contribution >= 4 is 5.91 Å². The number of piperidine rings is 1.